The highest BCUT2D eigenvalue weighted by Crippen LogP contribution is 2.31. The molecule has 33 heavy (non-hydrogen) atoms. The Bertz CT molecular complexity index is 1150. The van der Waals surface area contributed by atoms with Crippen LogP contribution in [0.15, 0.2) is 40.9 Å². The molecule has 0 bridgehead atoms. The normalized spacial score (nSPS) is 11.5. The van der Waals surface area contributed by atoms with E-state index >= 15 is 0 Å². The van der Waals surface area contributed by atoms with Crippen LogP contribution in [0.25, 0.3) is 11.4 Å². The lowest BCUT2D eigenvalue weighted by atomic mass is 10.1. The van der Waals surface area contributed by atoms with Crippen LogP contribution in [-0.4, -0.2) is 43.2 Å². The van der Waals surface area contributed by atoms with Crippen molar-refractivity contribution in [2.45, 2.75) is 18.9 Å². The minimum absolute atomic E-state index is 0.0786. The third-order valence-corrected chi connectivity index (χ3v) is 4.77. The first kappa shape index (κ1) is 23.6. The first-order valence-electron chi connectivity index (χ1n) is 9.87. The fraction of sp³-hybridized carbons (Fsp3) is 0.273. The molecule has 0 fully saturated rings. The van der Waals surface area contributed by atoms with Crippen molar-refractivity contribution >= 4 is 11.8 Å². The summed E-state index contributed by atoms with van der Waals surface area (Å²) in [6.07, 6.45) is 0.0229. The summed E-state index contributed by atoms with van der Waals surface area (Å²) in [5, 5.41) is 8.80. The summed E-state index contributed by atoms with van der Waals surface area (Å²) in [5.74, 6) is -1.71. The highest BCUT2D eigenvalue weighted by molar-refractivity contribution is 5.88. The Morgan fingerprint density at radius 2 is 1.82 bits per heavy atom. The van der Waals surface area contributed by atoms with E-state index in [0.29, 0.717) is 22.9 Å². The average molecular weight is 460 g/mol. The smallest absolute Gasteiger partial charge is 0.246 e. The number of hydrogen-bond donors (Lipinski definition) is 2. The molecule has 2 aromatic carbocycles. The Hall–Kier alpha value is -4.02. The predicted molar refractivity (Wildman–Crippen MR) is 112 cm³/mol. The number of nitrogens with one attached hydrogen (secondary N) is 2. The van der Waals surface area contributed by atoms with Gasteiger partial charge >= 0.3 is 0 Å². The molecule has 11 heteroatoms. The van der Waals surface area contributed by atoms with E-state index < -0.39 is 29.5 Å². The number of amides is 2. The molecular weight excluding hydrogens is 438 g/mol. The minimum atomic E-state index is -1.19. The SMILES string of the molecule is CNC(=O)C(NC(=O)CCc1nc(-c2ccc(OC)c(OC)c2)no1)c1ccc(F)c(F)c1. The fourth-order valence-corrected chi connectivity index (χ4v) is 3.04. The Morgan fingerprint density at radius 3 is 2.48 bits per heavy atom. The van der Waals surface area contributed by atoms with E-state index in [1.807, 2.05) is 0 Å². The topological polar surface area (TPSA) is 116 Å². The quantitative estimate of drug-likeness (QED) is 0.504. The van der Waals surface area contributed by atoms with Crippen LogP contribution in [0.3, 0.4) is 0 Å². The molecular formula is C22H22F2N4O5. The van der Waals surface area contributed by atoms with Crippen LogP contribution >= 0.6 is 0 Å². The van der Waals surface area contributed by atoms with Crippen molar-refractivity contribution in [1.29, 1.82) is 0 Å². The fourth-order valence-electron chi connectivity index (χ4n) is 3.04. The number of halogens is 2. The first-order chi connectivity index (χ1) is 15.9. The van der Waals surface area contributed by atoms with Crippen LogP contribution in [0.2, 0.25) is 0 Å². The molecule has 0 aliphatic rings. The largest absolute Gasteiger partial charge is 0.493 e. The number of nitrogens with zero attached hydrogens (tertiary/aromatic N) is 2. The van der Waals surface area contributed by atoms with Gasteiger partial charge in [0, 0.05) is 25.5 Å². The van der Waals surface area contributed by atoms with Crippen molar-refractivity contribution in [3.8, 4) is 22.9 Å². The second-order valence-electron chi connectivity index (χ2n) is 6.87. The number of likely N-dealkylation sites (N-methyl/N-ethyl adjacent to an activating group) is 1. The molecule has 0 radical (unpaired) electrons. The monoisotopic (exact) mass is 460 g/mol. The van der Waals surface area contributed by atoms with Gasteiger partial charge < -0.3 is 24.6 Å². The number of rotatable bonds is 9. The molecule has 0 saturated heterocycles. The van der Waals surface area contributed by atoms with Crippen molar-refractivity contribution in [3.63, 3.8) is 0 Å². The van der Waals surface area contributed by atoms with Gasteiger partial charge in [-0.3, -0.25) is 9.59 Å². The molecule has 1 heterocycles. The van der Waals surface area contributed by atoms with Gasteiger partial charge in [-0.05, 0) is 35.9 Å². The lowest BCUT2D eigenvalue weighted by Gasteiger charge is -2.17. The number of methoxy groups -OCH3 is 2. The molecule has 1 unspecified atom stereocenters. The third-order valence-electron chi connectivity index (χ3n) is 4.77. The van der Waals surface area contributed by atoms with Gasteiger partial charge in [0.25, 0.3) is 0 Å². The zero-order valence-corrected chi connectivity index (χ0v) is 18.1. The summed E-state index contributed by atoms with van der Waals surface area (Å²) >= 11 is 0. The molecule has 2 amide bonds. The molecule has 0 aliphatic heterocycles. The lowest BCUT2D eigenvalue weighted by molar-refractivity contribution is -0.128. The van der Waals surface area contributed by atoms with Gasteiger partial charge in [0.15, 0.2) is 23.1 Å². The molecule has 0 saturated carbocycles. The van der Waals surface area contributed by atoms with Gasteiger partial charge in [-0.25, -0.2) is 8.78 Å². The van der Waals surface area contributed by atoms with Crippen LogP contribution in [-0.2, 0) is 16.0 Å². The van der Waals surface area contributed by atoms with Crippen molar-refractivity contribution < 1.29 is 32.4 Å². The Morgan fingerprint density at radius 1 is 1.06 bits per heavy atom. The van der Waals surface area contributed by atoms with E-state index in [4.69, 9.17) is 14.0 Å². The highest BCUT2D eigenvalue weighted by Gasteiger charge is 2.23. The molecule has 0 spiro atoms. The summed E-state index contributed by atoms with van der Waals surface area (Å²) in [5.41, 5.74) is 0.736. The maximum absolute atomic E-state index is 13.6. The van der Waals surface area contributed by atoms with Crippen molar-refractivity contribution in [2.75, 3.05) is 21.3 Å². The summed E-state index contributed by atoms with van der Waals surface area (Å²) < 4.78 is 42.5. The molecule has 3 rings (SSSR count). The van der Waals surface area contributed by atoms with Crippen LogP contribution in [0.5, 0.6) is 11.5 Å². The zero-order valence-electron chi connectivity index (χ0n) is 18.1. The third kappa shape index (κ3) is 5.62. The minimum Gasteiger partial charge on any atom is -0.493 e. The summed E-state index contributed by atoms with van der Waals surface area (Å²) in [6, 6.07) is 6.92. The van der Waals surface area contributed by atoms with Gasteiger partial charge in [-0.2, -0.15) is 4.98 Å². The van der Waals surface area contributed by atoms with Crippen LogP contribution < -0.4 is 20.1 Å². The maximum atomic E-state index is 13.6. The van der Waals surface area contributed by atoms with E-state index in [1.54, 1.807) is 18.2 Å². The number of aryl methyl sites for hydroxylation is 1. The number of ether oxygens (including phenoxy) is 2. The van der Waals surface area contributed by atoms with E-state index in [1.165, 1.54) is 27.3 Å². The predicted octanol–water partition coefficient (Wildman–Crippen LogP) is 2.57. The number of benzene rings is 2. The standard InChI is InChI=1S/C22H22F2N4O5/c1-25-22(30)20(12-4-6-14(23)15(24)10-12)26-18(29)8-9-19-27-21(28-33-19)13-5-7-16(31-2)17(11-13)32-3/h4-7,10-11,20H,8-9H2,1-3H3,(H,25,30)(H,26,29). The Kier molecular flexibility index (Phi) is 7.54. The van der Waals surface area contributed by atoms with Crippen LogP contribution in [0.4, 0.5) is 8.78 Å². The van der Waals surface area contributed by atoms with Gasteiger partial charge in [0.05, 0.1) is 14.2 Å². The van der Waals surface area contributed by atoms with Crippen molar-refractivity contribution in [3.05, 3.63) is 59.5 Å². The number of aromatic nitrogens is 2. The number of carbonyl (C=O) groups is 2. The number of hydrogen-bond acceptors (Lipinski definition) is 7. The zero-order chi connectivity index (χ0) is 24.0. The molecule has 9 nitrogen and oxygen atoms in total. The van der Waals surface area contributed by atoms with Crippen LogP contribution in [0.1, 0.15) is 23.9 Å². The second-order valence-corrected chi connectivity index (χ2v) is 6.87. The molecule has 1 aromatic heterocycles. The molecule has 3 aromatic rings. The molecule has 0 aliphatic carbocycles. The van der Waals surface area contributed by atoms with Gasteiger partial charge in [-0.1, -0.05) is 11.2 Å². The van der Waals surface area contributed by atoms with E-state index in [0.717, 1.165) is 12.1 Å². The van der Waals surface area contributed by atoms with E-state index in [2.05, 4.69) is 20.8 Å². The molecule has 2 N–H and O–H groups in total. The second kappa shape index (κ2) is 10.5. The number of carbonyl (C=O) groups excluding carboxylic acids is 2. The van der Waals surface area contributed by atoms with Crippen molar-refractivity contribution in [2.24, 2.45) is 0 Å². The van der Waals surface area contributed by atoms with Gasteiger partial charge in [0.2, 0.25) is 23.5 Å². The summed E-state index contributed by atoms with van der Waals surface area (Å²) in [4.78, 5) is 28.9. The Labute approximate surface area is 188 Å². The first-order valence-corrected chi connectivity index (χ1v) is 9.87. The van der Waals surface area contributed by atoms with E-state index in [-0.39, 0.29) is 24.3 Å². The molecule has 1 atom stereocenters. The lowest BCUT2D eigenvalue weighted by Crippen LogP contribution is -2.39. The van der Waals surface area contributed by atoms with Gasteiger partial charge in [0.1, 0.15) is 6.04 Å². The van der Waals surface area contributed by atoms with Gasteiger partial charge in [-0.15, -0.1) is 0 Å². The highest BCUT2D eigenvalue weighted by atomic mass is 19.2. The molecule has 174 valence electrons. The summed E-state index contributed by atoms with van der Waals surface area (Å²) in [7, 11) is 4.40. The van der Waals surface area contributed by atoms with Crippen molar-refractivity contribution in [1.82, 2.24) is 20.8 Å². The maximum Gasteiger partial charge on any atom is 0.246 e. The van der Waals surface area contributed by atoms with Crippen LogP contribution in [0, 0.1) is 11.6 Å². The summed E-state index contributed by atoms with van der Waals surface area (Å²) in [6.45, 7) is 0. The Balaban J connectivity index is 1.66. The van der Waals surface area contributed by atoms with E-state index in [9.17, 15) is 18.4 Å². The average Bonchev–Trinajstić information content (AvgIpc) is 3.31.